The van der Waals surface area contributed by atoms with E-state index in [0.717, 1.165) is 12.8 Å². The second-order valence-corrected chi connectivity index (χ2v) is 3.96. The van der Waals surface area contributed by atoms with Gasteiger partial charge in [0, 0.05) is 4.47 Å². The van der Waals surface area contributed by atoms with Crippen molar-refractivity contribution >= 4 is 22.0 Å². The normalized spacial score (nSPS) is 13.5. The van der Waals surface area contributed by atoms with Gasteiger partial charge in [-0.3, -0.25) is 0 Å². The van der Waals surface area contributed by atoms with Crippen LogP contribution in [0.25, 0.3) is 6.08 Å². The largest absolute Gasteiger partial charge is 0.0795 e. The van der Waals surface area contributed by atoms with Gasteiger partial charge in [-0.05, 0) is 35.6 Å². The molecule has 0 fully saturated rings. The molecule has 0 nitrogen and oxygen atoms in total. The SMILES string of the molecule is CCc1cc2c(cc1Br)C=CC2. The van der Waals surface area contributed by atoms with Crippen LogP contribution in [-0.2, 0) is 12.8 Å². The van der Waals surface area contributed by atoms with Gasteiger partial charge in [0.1, 0.15) is 0 Å². The van der Waals surface area contributed by atoms with Crippen molar-refractivity contribution in [3.05, 3.63) is 39.4 Å². The van der Waals surface area contributed by atoms with Gasteiger partial charge in [-0.25, -0.2) is 0 Å². The molecular formula is C11H11Br. The molecule has 0 saturated heterocycles. The van der Waals surface area contributed by atoms with Gasteiger partial charge in [-0.1, -0.05) is 41.1 Å². The Kier molecular flexibility index (Phi) is 2.05. The number of benzene rings is 1. The predicted octanol–water partition coefficient (Wildman–Crippen LogP) is 3.58. The molecule has 0 unspecified atom stereocenters. The minimum Gasteiger partial charge on any atom is -0.0795 e. The topological polar surface area (TPSA) is 0 Å². The first-order valence-corrected chi connectivity index (χ1v) is 5.08. The Labute approximate surface area is 81.4 Å². The average Bonchev–Trinajstić information content (AvgIpc) is 2.49. The molecule has 0 N–H and O–H groups in total. The Morgan fingerprint density at radius 1 is 1.42 bits per heavy atom. The van der Waals surface area contributed by atoms with Crippen molar-refractivity contribution in [3.63, 3.8) is 0 Å². The van der Waals surface area contributed by atoms with Gasteiger partial charge < -0.3 is 0 Å². The van der Waals surface area contributed by atoms with Crippen molar-refractivity contribution in [1.29, 1.82) is 0 Å². The molecule has 1 aliphatic rings. The summed E-state index contributed by atoms with van der Waals surface area (Å²) in [5, 5.41) is 0. The van der Waals surface area contributed by atoms with Crippen molar-refractivity contribution in [2.75, 3.05) is 0 Å². The van der Waals surface area contributed by atoms with Crippen LogP contribution in [0.3, 0.4) is 0 Å². The van der Waals surface area contributed by atoms with E-state index in [0.29, 0.717) is 0 Å². The van der Waals surface area contributed by atoms with Crippen LogP contribution in [0.4, 0.5) is 0 Å². The molecule has 0 spiro atoms. The number of fused-ring (bicyclic) bond motifs is 1. The summed E-state index contributed by atoms with van der Waals surface area (Å²) in [6, 6.07) is 4.52. The van der Waals surface area contributed by atoms with Gasteiger partial charge >= 0.3 is 0 Å². The first kappa shape index (κ1) is 8.06. The van der Waals surface area contributed by atoms with E-state index in [-0.39, 0.29) is 0 Å². The Balaban J connectivity index is 2.54. The van der Waals surface area contributed by atoms with Gasteiger partial charge in [0.05, 0.1) is 0 Å². The second-order valence-electron chi connectivity index (χ2n) is 3.10. The van der Waals surface area contributed by atoms with E-state index in [1.165, 1.54) is 21.2 Å². The summed E-state index contributed by atoms with van der Waals surface area (Å²) in [5.74, 6) is 0. The third-order valence-corrected chi connectivity index (χ3v) is 3.06. The van der Waals surface area contributed by atoms with E-state index < -0.39 is 0 Å². The van der Waals surface area contributed by atoms with Crippen molar-refractivity contribution < 1.29 is 0 Å². The van der Waals surface area contributed by atoms with Gasteiger partial charge in [-0.15, -0.1) is 0 Å². The Hall–Kier alpha value is -0.560. The highest BCUT2D eigenvalue weighted by Gasteiger charge is 2.07. The summed E-state index contributed by atoms with van der Waals surface area (Å²) < 4.78 is 1.25. The summed E-state index contributed by atoms with van der Waals surface area (Å²) in [6.07, 6.45) is 6.62. The van der Waals surface area contributed by atoms with E-state index in [9.17, 15) is 0 Å². The van der Waals surface area contributed by atoms with Crippen LogP contribution >= 0.6 is 15.9 Å². The Morgan fingerprint density at radius 2 is 2.25 bits per heavy atom. The highest BCUT2D eigenvalue weighted by Crippen LogP contribution is 2.27. The quantitative estimate of drug-likeness (QED) is 0.682. The lowest BCUT2D eigenvalue weighted by atomic mass is 10.0. The molecule has 1 aromatic rings. The molecule has 0 radical (unpaired) electrons. The number of aryl methyl sites for hydroxylation is 1. The van der Waals surface area contributed by atoms with Gasteiger partial charge in [0.15, 0.2) is 0 Å². The van der Waals surface area contributed by atoms with Crippen molar-refractivity contribution in [2.24, 2.45) is 0 Å². The Bertz CT molecular complexity index is 336. The van der Waals surface area contributed by atoms with Gasteiger partial charge in [0.25, 0.3) is 0 Å². The molecule has 0 heterocycles. The van der Waals surface area contributed by atoms with Crippen molar-refractivity contribution in [1.82, 2.24) is 0 Å². The molecule has 1 aromatic carbocycles. The molecule has 0 bridgehead atoms. The number of hydrogen-bond donors (Lipinski definition) is 0. The standard InChI is InChI=1S/C11H11Br/c1-2-8-6-9-4-3-5-10(9)7-11(8)12/h3,5-7H,2,4H2,1H3. The van der Waals surface area contributed by atoms with E-state index in [1.807, 2.05) is 0 Å². The highest BCUT2D eigenvalue weighted by molar-refractivity contribution is 9.10. The zero-order valence-corrected chi connectivity index (χ0v) is 8.69. The van der Waals surface area contributed by atoms with Crippen LogP contribution in [0.2, 0.25) is 0 Å². The van der Waals surface area contributed by atoms with E-state index in [1.54, 1.807) is 0 Å². The smallest absolute Gasteiger partial charge is 0.0213 e. The van der Waals surface area contributed by atoms with E-state index in [4.69, 9.17) is 0 Å². The first-order chi connectivity index (χ1) is 5.81. The second kappa shape index (κ2) is 3.06. The summed E-state index contributed by atoms with van der Waals surface area (Å²) >= 11 is 3.58. The zero-order valence-electron chi connectivity index (χ0n) is 7.10. The molecule has 1 heteroatoms. The Morgan fingerprint density at radius 3 is 3.00 bits per heavy atom. The minimum atomic E-state index is 1.11. The monoisotopic (exact) mass is 222 g/mol. The van der Waals surface area contributed by atoms with Crippen molar-refractivity contribution in [2.45, 2.75) is 19.8 Å². The molecule has 62 valence electrons. The lowest BCUT2D eigenvalue weighted by Gasteiger charge is -2.05. The van der Waals surface area contributed by atoms with Crippen molar-refractivity contribution in [3.8, 4) is 0 Å². The fourth-order valence-corrected chi connectivity index (χ4v) is 2.24. The van der Waals surface area contributed by atoms with Crippen LogP contribution in [0.15, 0.2) is 22.7 Å². The van der Waals surface area contributed by atoms with Crippen LogP contribution < -0.4 is 0 Å². The van der Waals surface area contributed by atoms with E-state index in [2.05, 4.69) is 47.1 Å². The maximum absolute atomic E-state index is 3.58. The highest BCUT2D eigenvalue weighted by atomic mass is 79.9. The molecule has 2 rings (SSSR count). The first-order valence-electron chi connectivity index (χ1n) is 4.29. The van der Waals surface area contributed by atoms with Gasteiger partial charge in [-0.2, -0.15) is 0 Å². The lowest BCUT2D eigenvalue weighted by Crippen LogP contribution is -1.88. The molecule has 0 aromatic heterocycles. The van der Waals surface area contributed by atoms with Crippen LogP contribution in [0.5, 0.6) is 0 Å². The fourth-order valence-electron chi connectivity index (χ4n) is 1.60. The van der Waals surface area contributed by atoms with Crippen LogP contribution in [-0.4, -0.2) is 0 Å². The summed E-state index contributed by atoms with van der Waals surface area (Å²) in [7, 11) is 0. The summed E-state index contributed by atoms with van der Waals surface area (Å²) in [5.41, 5.74) is 4.26. The van der Waals surface area contributed by atoms with Crippen LogP contribution in [0, 0.1) is 0 Å². The third-order valence-electron chi connectivity index (χ3n) is 2.32. The fraction of sp³-hybridized carbons (Fsp3) is 0.273. The predicted molar refractivity (Wildman–Crippen MR) is 56.3 cm³/mol. The minimum absolute atomic E-state index is 1.11. The molecule has 1 aliphatic carbocycles. The maximum Gasteiger partial charge on any atom is 0.0213 e. The average molecular weight is 223 g/mol. The van der Waals surface area contributed by atoms with Crippen LogP contribution in [0.1, 0.15) is 23.6 Å². The molecule has 0 atom stereocenters. The summed E-state index contributed by atoms with van der Waals surface area (Å²) in [4.78, 5) is 0. The number of hydrogen-bond acceptors (Lipinski definition) is 0. The summed E-state index contributed by atoms with van der Waals surface area (Å²) in [6.45, 7) is 2.19. The third kappa shape index (κ3) is 1.22. The number of allylic oxidation sites excluding steroid dienone is 1. The van der Waals surface area contributed by atoms with Gasteiger partial charge in [0.2, 0.25) is 0 Å². The maximum atomic E-state index is 3.58. The molecule has 0 amide bonds. The molecular weight excluding hydrogens is 212 g/mol. The molecule has 0 saturated carbocycles. The lowest BCUT2D eigenvalue weighted by molar-refractivity contribution is 1.11. The van der Waals surface area contributed by atoms with E-state index >= 15 is 0 Å². The molecule has 12 heavy (non-hydrogen) atoms. The number of halogens is 1. The molecule has 0 aliphatic heterocycles. The zero-order chi connectivity index (χ0) is 8.55. The number of rotatable bonds is 1.